The number of rotatable bonds is 6. The van der Waals surface area contributed by atoms with Crippen LogP contribution in [0.4, 0.5) is 5.82 Å². The zero-order valence-corrected chi connectivity index (χ0v) is 10.3. The van der Waals surface area contributed by atoms with Gasteiger partial charge in [-0.15, -0.1) is 0 Å². The number of ether oxygens (including phenoxy) is 2. The lowest BCUT2D eigenvalue weighted by Gasteiger charge is -2.10. The van der Waals surface area contributed by atoms with Crippen LogP contribution in [-0.2, 0) is 4.74 Å². The molecule has 1 saturated heterocycles. The Hall–Kier alpha value is -1.29. The highest BCUT2D eigenvalue weighted by atomic mass is 16.5. The maximum Gasteiger partial charge on any atom is 0.215 e. The van der Waals surface area contributed by atoms with Crippen LogP contribution in [0.5, 0.6) is 5.88 Å². The number of nitrogens with one attached hydrogen (secondary N) is 1. The van der Waals surface area contributed by atoms with E-state index in [1.54, 1.807) is 0 Å². The van der Waals surface area contributed by atoms with Gasteiger partial charge in [0.15, 0.2) is 0 Å². The van der Waals surface area contributed by atoms with E-state index in [-0.39, 0.29) is 0 Å². The van der Waals surface area contributed by atoms with Gasteiger partial charge in [0, 0.05) is 25.1 Å². The molecule has 1 fully saturated rings. The topological polar surface area (TPSA) is 43.4 Å². The maximum atomic E-state index is 5.68. The molecule has 0 aromatic carbocycles. The van der Waals surface area contributed by atoms with Gasteiger partial charge in [-0.25, -0.2) is 0 Å². The third kappa shape index (κ3) is 3.89. The molecule has 1 aliphatic heterocycles. The quantitative estimate of drug-likeness (QED) is 0.823. The molecule has 2 rings (SSSR count). The number of hydrogen-bond donors (Lipinski definition) is 1. The van der Waals surface area contributed by atoms with Crippen LogP contribution in [-0.4, -0.2) is 31.3 Å². The van der Waals surface area contributed by atoms with Crippen LogP contribution in [0.15, 0.2) is 18.2 Å². The van der Waals surface area contributed by atoms with Crippen molar-refractivity contribution in [1.82, 2.24) is 4.98 Å². The second kappa shape index (κ2) is 6.45. The summed E-state index contributed by atoms with van der Waals surface area (Å²) in [5.74, 6) is 2.09. The van der Waals surface area contributed by atoms with E-state index < -0.39 is 0 Å². The molecule has 1 aromatic heterocycles. The highest BCUT2D eigenvalue weighted by Crippen LogP contribution is 2.16. The molecular formula is C13H20N2O2. The van der Waals surface area contributed by atoms with Crippen LogP contribution >= 0.6 is 0 Å². The number of hydrogen-bond acceptors (Lipinski definition) is 4. The monoisotopic (exact) mass is 236 g/mol. The molecule has 1 atom stereocenters. The predicted octanol–water partition coefficient (Wildman–Crippen LogP) is 2.32. The van der Waals surface area contributed by atoms with E-state index in [0.717, 1.165) is 38.4 Å². The number of nitrogens with zero attached hydrogens (tertiary/aromatic N) is 1. The summed E-state index contributed by atoms with van der Waals surface area (Å²) in [5, 5.41) is 3.25. The van der Waals surface area contributed by atoms with Crippen molar-refractivity contribution >= 4 is 5.82 Å². The van der Waals surface area contributed by atoms with Crippen molar-refractivity contribution in [3.8, 4) is 5.88 Å². The Labute approximate surface area is 102 Å². The van der Waals surface area contributed by atoms with Gasteiger partial charge in [0.25, 0.3) is 0 Å². The molecule has 1 aliphatic rings. The molecular weight excluding hydrogens is 216 g/mol. The molecule has 1 unspecified atom stereocenters. The van der Waals surface area contributed by atoms with Crippen LogP contribution in [0.1, 0.15) is 19.8 Å². The summed E-state index contributed by atoms with van der Waals surface area (Å²) >= 11 is 0. The Morgan fingerprint density at radius 3 is 3.24 bits per heavy atom. The Morgan fingerprint density at radius 1 is 1.53 bits per heavy atom. The van der Waals surface area contributed by atoms with E-state index in [4.69, 9.17) is 9.47 Å². The summed E-state index contributed by atoms with van der Waals surface area (Å²) < 4.78 is 11.0. The standard InChI is InChI=1S/C13H20N2O2/c1-2-7-14-12-4-3-5-13(15-12)17-10-11-6-8-16-9-11/h3-5,11H,2,6-10H2,1H3,(H,14,15). The molecule has 0 radical (unpaired) electrons. The summed E-state index contributed by atoms with van der Waals surface area (Å²) in [6, 6.07) is 5.82. The normalized spacial score (nSPS) is 19.2. The predicted molar refractivity (Wildman–Crippen MR) is 67.4 cm³/mol. The molecule has 0 saturated carbocycles. The first kappa shape index (κ1) is 12.2. The lowest BCUT2D eigenvalue weighted by molar-refractivity contribution is 0.165. The lowest BCUT2D eigenvalue weighted by atomic mass is 10.1. The van der Waals surface area contributed by atoms with Gasteiger partial charge >= 0.3 is 0 Å². The first-order valence-corrected chi connectivity index (χ1v) is 6.30. The Bertz CT molecular complexity index is 338. The van der Waals surface area contributed by atoms with Crippen molar-refractivity contribution in [3.63, 3.8) is 0 Å². The Morgan fingerprint density at radius 2 is 2.47 bits per heavy atom. The van der Waals surface area contributed by atoms with E-state index >= 15 is 0 Å². The lowest BCUT2D eigenvalue weighted by Crippen LogP contribution is -2.12. The van der Waals surface area contributed by atoms with Crippen molar-refractivity contribution < 1.29 is 9.47 Å². The fourth-order valence-corrected chi connectivity index (χ4v) is 1.76. The highest BCUT2D eigenvalue weighted by Gasteiger charge is 2.16. The zero-order valence-electron chi connectivity index (χ0n) is 10.3. The SMILES string of the molecule is CCCNc1cccc(OCC2CCOC2)n1. The van der Waals surface area contributed by atoms with Gasteiger partial charge in [-0.05, 0) is 18.9 Å². The third-order valence-electron chi connectivity index (χ3n) is 2.77. The molecule has 4 nitrogen and oxygen atoms in total. The van der Waals surface area contributed by atoms with Gasteiger partial charge < -0.3 is 14.8 Å². The third-order valence-corrected chi connectivity index (χ3v) is 2.77. The average molecular weight is 236 g/mol. The van der Waals surface area contributed by atoms with E-state index in [1.165, 1.54) is 0 Å². The van der Waals surface area contributed by atoms with E-state index in [9.17, 15) is 0 Å². The van der Waals surface area contributed by atoms with E-state index in [1.807, 2.05) is 18.2 Å². The van der Waals surface area contributed by atoms with Crippen molar-refractivity contribution in [2.75, 3.05) is 31.7 Å². The number of anilines is 1. The molecule has 1 aromatic rings. The fraction of sp³-hybridized carbons (Fsp3) is 0.615. The fourth-order valence-electron chi connectivity index (χ4n) is 1.76. The zero-order chi connectivity index (χ0) is 11.9. The molecule has 17 heavy (non-hydrogen) atoms. The van der Waals surface area contributed by atoms with Gasteiger partial charge in [0.05, 0.1) is 13.2 Å². The van der Waals surface area contributed by atoms with Gasteiger partial charge in [0.1, 0.15) is 5.82 Å². The Kier molecular flexibility index (Phi) is 4.62. The summed E-state index contributed by atoms with van der Waals surface area (Å²) in [6.07, 6.45) is 2.18. The molecule has 2 heterocycles. The molecule has 0 amide bonds. The smallest absolute Gasteiger partial charge is 0.215 e. The van der Waals surface area contributed by atoms with Gasteiger partial charge in [0.2, 0.25) is 5.88 Å². The van der Waals surface area contributed by atoms with Crippen molar-refractivity contribution in [1.29, 1.82) is 0 Å². The molecule has 1 N–H and O–H groups in total. The van der Waals surface area contributed by atoms with Gasteiger partial charge in [-0.3, -0.25) is 0 Å². The molecule has 0 spiro atoms. The molecule has 94 valence electrons. The highest BCUT2D eigenvalue weighted by molar-refractivity contribution is 5.36. The first-order chi connectivity index (χ1) is 8.38. The Balaban J connectivity index is 1.82. The summed E-state index contributed by atoms with van der Waals surface area (Å²) in [7, 11) is 0. The van der Waals surface area contributed by atoms with Crippen LogP contribution in [0.2, 0.25) is 0 Å². The van der Waals surface area contributed by atoms with Crippen molar-refractivity contribution in [2.24, 2.45) is 5.92 Å². The minimum Gasteiger partial charge on any atom is -0.477 e. The van der Waals surface area contributed by atoms with E-state index in [2.05, 4.69) is 17.2 Å². The van der Waals surface area contributed by atoms with Gasteiger partial charge in [-0.1, -0.05) is 13.0 Å². The minimum absolute atomic E-state index is 0.518. The van der Waals surface area contributed by atoms with Crippen molar-refractivity contribution in [2.45, 2.75) is 19.8 Å². The van der Waals surface area contributed by atoms with Crippen molar-refractivity contribution in [3.05, 3.63) is 18.2 Å². The van der Waals surface area contributed by atoms with Crippen LogP contribution in [0, 0.1) is 5.92 Å². The van der Waals surface area contributed by atoms with Gasteiger partial charge in [-0.2, -0.15) is 4.98 Å². The largest absolute Gasteiger partial charge is 0.477 e. The second-order valence-electron chi connectivity index (χ2n) is 4.33. The number of pyridine rings is 1. The number of aromatic nitrogens is 1. The molecule has 0 bridgehead atoms. The van der Waals surface area contributed by atoms with E-state index in [0.29, 0.717) is 18.4 Å². The minimum atomic E-state index is 0.518. The first-order valence-electron chi connectivity index (χ1n) is 6.30. The maximum absolute atomic E-state index is 5.68. The summed E-state index contributed by atoms with van der Waals surface area (Å²) in [4.78, 5) is 4.40. The second-order valence-corrected chi connectivity index (χ2v) is 4.33. The molecule has 4 heteroatoms. The van der Waals surface area contributed by atoms with Crippen LogP contribution < -0.4 is 10.1 Å². The molecule has 0 aliphatic carbocycles. The van der Waals surface area contributed by atoms with Crippen LogP contribution in [0.3, 0.4) is 0 Å². The average Bonchev–Trinajstić information content (AvgIpc) is 2.87. The summed E-state index contributed by atoms with van der Waals surface area (Å²) in [6.45, 7) is 5.44. The van der Waals surface area contributed by atoms with Crippen LogP contribution in [0.25, 0.3) is 0 Å². The summed E-state index contributed by atoms with van der Waals surface area (Å²) in [5.41, 5.74) is 0.